The van der Waals surface area contributed by atoms with Crippen LogP contribution in [0.2, 0.25) is 0 Å². The number of rotatable bonds is 6. The zero-order valence-corrected chi connectivity index (χ0v) is 14.6. The normalized spacial score (nSPS) is 16.7. The van der Waals surface area contributed by atoms with Gasteiger partial charge in [-0.3, -0.25) is 9.59 Å². The first kappa shape index (κ1) is 17.3. The van der Waals surface area contributed by atoms with Gasteiger partial charge in [-0.2, -0.15) is 0 Å². The molecule has 1 atom stereocenters. The van der Waals surface area contributed by atoms with Crippen LogP contribution in [-0.2, 0) is 22.6 Å². The molecule has 1 amide bonds. The van der Waals surface area contributed by atoms with Crippen molar-refractivity contribution in [1.29, 1.82) is 0 Å². The molecule has 0 radical (unpaired) electrons. The van der Waals surface area contributed by atoms with Crippen LogP contribution in [0, 0.1) is 0 Å². The van der Waals surface area contributed by atoms with Crippen LogP contribution in [-0.4, -0.2) is 60.2 Å². The number of ether oxygens (including phenoxy) is 1. The second-order valence-electron chi connectivity index (χ2n) is 6.45. The van der Waals surface area contributed by atoms with Crippen LogP contribution in [0.5, 0.6) is 0 Å². The largest absolute Gasteiger partial charge is 0.376 e. The Kier molecular flexibility index (Phi) is 4.88. The predicted octanol–water partition coefficient (Wildman–Crippen LogP) is 0.117. The van der Waals surface area contributed by atoms with E-state index in [1.54, 1.807) is 23.1 Å². The Hall–Kier alpha value is -3.14. The van der Waals surface area contributed by atoms with Crippen LogP contribution in [0.15, 0.2) is 35.4 Å². The van der Waals surface area contributed by atoms with E-state index in [0.717, 1.165) is 12.8 Å². The molecule has 0 spiro atoms. The summed E-state index contributed by atoms with van der Waals surface area (Å²) in [5.74, 6) is 0.260. The molecule has 0 bridgehead atoms. The third-order valence-corrected chi connectivity index (χ3v) is 4.49. The third-order valence-electron chi connectivity index (χ3n) is 4.49. The Morgan fingerprint density at radius 3 is 3.04 bits per heavy atom. The Balaban J connectivity index is 1.57. The van der Waals surface area contributed by atoms with E-state index in [0.29, 0.717) is 29.9 Å². The molecular formula is C17H19N7O3. The molecule has 10 heteroatoms. The lowest BCUT2D eigenvalue weighted by atomic mass is 10.2. The molecule has 3 heterocycles. The summed E-state index contributed by atoms with van der Waals surface area (Å²) in [5, 5.41) is 11.3. The van der Waals surface area contributed by atoms with Gasteiger partial charge in [0.2, 0.25) is 5.91 Å². The van der Waals surface area contributed by atoms with E-state index >= 15 is 0 Å². The van der Waals surface area contributed by atoms with Crippen molar-refractivity contribution in [3.05, 3.63) is 46.8 Å². The lowest BCUT2D eigenvalue weighted by Crippen LogP contribution is -2.39. The van der Waals surface area contributed by atoms with Crippen molar-refractivity contribution in [2.75, 3.05) is 13.2 Å². The summed E-state index contributed by atoms with van der Waals surface area (Å²) < 4.78 is 7.03. The maximum Gasteiger partial charge on any atom is 0.258 e. The number of aromatic amines is 1. The molecule has 1 aromatic carbocycles. The van der Waals surface area contributed by atoms with Crippen molar-refractivity contribution < 1.29 is 9.53 Å². The molecule has 0 aliphatic carbocycles. The van der Waals surface area contributed by atoms with Crippen molar-refractivity contribution in [3.63, 3.8) is 0 Å². The van der Waals surface area contributed by atoms with Crippen LogP contribution in [0.1, 0.15) is 18.7 Å². The fourth-order valence-electron chi connectivity index (χ4n) is 3.17. The van der Waals surface area contributed by atoms with E-state index in [1.807, 2.05) is 6.07 Å². The van der Waals surface area contributed by atoms with Gasteiger partial charge in [-0.25, -0.2) is 9.67 Å². The van der Waals surface area contributed by atoms with Gasteiger partial charge in [0.15, 0.2) is 0 Å². The smallest absolute Gasteiger partial charge is 0.258 e. The highest BCUT2D eigenvalue weighted by Crippen LogP contribution is 2.15. The summed E-state index contributed by atoms with van der Waals surface area (Å²) in [6, 6.07) is 7.11. The number of carbonyl (C=O) groups excluding carboxylic acids is 1. The maximum atomic E-state index is 12.8. The minimum atomic E-state index is -0.222. The number of hydrogen-bond donors (Lipinski definition) is 1. The molecule has 10 nitrogen and oxygen atoms in total. The molecule has 4 rings (SSSR count). The molecule has 140 valence electrons. The van der Waals surface area contributed by atoms with Gasteiger partial charge in [-0.1, -0.05) is 12.1 Å². The first-order valence-corrected chi connectivity index (χ1v) is 8.77. The summed E-state index contributed by atoms with van der Waals surface area (Å²) >= 11 is 0. The van der Waals surface area contributed by atoms with E-state index in [9.17, 15) is 9.59 Å². The van der Waals surface area contributed by atoms with Crippen LogP contribution < -0.4 is 5.56 Å². The summed E-state index contributed by atoms with van der Waals surface area (Å²) in [5.41, 5.74) is 0.377. The number of hydrogen-bond acceptors (Lipinski definition) is 7. The van der Waals surface area contributed by atoms with E-state index in [2.05, 4.69) is 25.5 Å². The van der Waals surface area contributed by atoms with E-state index in [1.165, 1.54) is 11.0 Å². The number of amides is 1. The molecule has 1 aliphatic heterocycles. The van der Waals surface area contributed by atoms with Crippen LogP contribution in [0.25, 0.3) is 10.9 Å². The third kappa shape index (κ3) is 4.00. The maximum absolute atomic E-state index is 12.8. The molecule has 2 aromatic heterocycles. The highest BCUT2D eigenvalue weighted by atomic mass is 16.5. The van der Waals surface area contributed by atoms with Crippen molar-refractivity contribution in [2.24, 2.45) is 0 Å². The average Bonchev–Trinajstić information content (AvgIpc) is 3.35. The number of para-hydroxylation sites is 1. The Bertz CT molecular complexity index is 980. The molecule has 1 fully saturated rings. The minimum Gasteiger partial charge on any atom is -0.376 e. The first-order valence-electron chi connectivity index (χ1n) is 8.77. The second-order valence-corrected chi connectivity index (χ2v) is 6.45. The number of nitrogens with one attached hydrogen (secondary N) is 1. The highest BCUT2D eigenvalue weighted by molar-refractivity contribution is 5.77. The van der Waals surface area contributed by atoms with E-state index < -0.39 is 0 Å². The van der Waals surface area contributed by atoms with Gasteiger partial charge >= 0.3 is 0 Å². The van der Waals surface area contributed by atoms with Gasteiger partial charge in [0.1, 0.15) is 18.7 Å². The number of fused-ring (bicyclic) bond motifs is 1. The lowest BCUT2D eigenvalue weighted by Gasteiger charge is -2.25. The molecule has 1 aliphatic rings. The topological polar surface area (TPSA) is 119 Å². The highest BCUT2D eigenvalue weighted by Gasteiger charge is 2.24. The Morgan fingerprint density at radius 1 is 1.37 bits per heavy atom. The number of carbonyl (C=O) groups is 1. The van der Waals surface area contributed by atoms with Crippen molar-refractivity contribution >= 4 is 16.8 Å². The number of H-pyrrole nitrogens is 1. The summed E-state index contributed by atoms with van der Waals surface area (Å²) in [6.45, 7) is 1.32. The fraction of sp³-hybridized carbons (Fsp3) is 0.412. The monoisotopic (exact) mass is 369 g/mol. The average molecular weight is 369 g/mol. The van der Waals surface area contributed by atoms with Gasteiger partial charge in [-0.15, -0.1) is 5.10 Å². The molecule has 1 N–H and O–H groups in total. The quantitative estimate of drug-likeness (QED) is 0.655. The first-order chi connectivity index (χ1) is 13.2. The van der Waals surface area contributed by atoms with Crippen LogP contribution in [0.4, 0.5) is 0 Å². The SMILES string of the molecule is O=C(Cn1cnnn1)N(Cc1nc2ccccc2c(=O)[nH]1)C[C@@H]1CCCO1. The van der Waals surface area contributed by atoms with Gasteiger partial charge in [-0.05, 0) is 35.4 Å². The number of aromatic nitrogens is 6. The number of nitrogens with zero attached hydrogens (tertiary/aromatic N) is 6. The zero-order valence-electron chi connectivity index (χ0n) is 14.6. The van der Waals surface area contributed by atoms with Crippen LogP contribution in [0.3, 0.4) is 0 Å². The lowest BCUT2D eigenvalue weighted by molar-refractivity contribution is -0.134. The van der Waals surface area contributed by atoms with Gasteiger partial charge in [0.05, 0.1) is 23.6 Å². The van der Waals surface area contributed by atoms with E-state index in [4.69, 9.17) is 4.74 Å². The van der Waals surface area contributed by atoms with Gasteiger partial charge in [0.25, 0.3) is 5.56 Å². The molecule has 27 heavy (non-hydrogen) atoms. The second kappa shape index (κ2) is 7.62. The fourth-order valence-corrected chi connectivity index (χ4v) is 3.17. The summed E-state index contributed by atoms with van der Waals surface area (Å²) in [7, 11) is 0. The molecular weight excluding hydrogens is 350 g/mol. The zero-order chi connectivity index (χ0) is 18.6. The van der Waals surface area contributed by atoms with Crippen molar-refractivity contribution in [2.45, 2.75) is 32.0 Å². The Morgan fingerprint density at radius 2 is 2.26 bits per heavy atom. The standard InChI is InChI=1S/C17H19N7O3/c25-16(10-24-11-18-21-22-24)23(8-12-4-3-7-27-12)9-15-19-14-6-2-1-5-13(14)17(26)20-15/h1-2,5-6,11-12H,3-4,7-10H2,(H,19,20,26)/t12-/m0/s1. The van der Waals surface area contributed by atoms with E-state index in [-0.39, 0.29) is 30.7 Å². The number of benzene rings is 1. The van der Waals surface area contributed by atoms with Gasteiger partial charge in [0, 0.05) is 13.2 Å². The minimum absolute atomic E-state index is 0.0114. The molecule has 1 saturated heterocycles. The van der Waals surface area contributed by atoms with Crippen LogP contribution >= 0.6 is 0 Å². The molecule has 0 saturated carbocycles. The van der Waals surface area contributed by atoms with Crippen molar-refractivity contribution in [1.82, 2.24) is 35.1 Å². The number of tetrazole rings is 1. The Labute approximate surface area is 154 Å². The molecule has 0 unspecified atom stereocenters. The molecule has 3 aromatic rings. The summed E-state index contributed by atoms with van der Waals surface area (Å²) in [4.78, 5) is 34.0. The predicted molar refractivity (Wildman–Crippen MR) is 94.6 cm³/mol. The van der Waals surface area contributed by atoms with Crippen molar-refractivity contribution in [3.8, 4) is 0 Å². The summed E-state index contributed by atoms with van der Waals surface area (Å²) in [6.07, 6.45) is 3.24. The van der Waals surface area contributed by atoms with Gasteiger partial charge < -0.3 is 14.6 Å².